The molecule has 3 rings (SSSR count). The number of amides is 1. The Kier molecular flexibility index (Phi) is 4.78. The topological polar surface area (TPSA) is 93.1 Å². The highest BCUT2D eigenvalue weighted by Crippen LogP contribution is 2.14. The molecule has 0 fully saturated rings. The Hall–Kier alpha value is -3.11. The second-order valence-electron chi connectivity index (χ2n) is 5.12. The Bertz CT molecular complexity index is 1050. The minimum atomic E-state index is -4.30. The number of hydrogen-bond acceptors (Lipinski definition) is 4. The predicted octanol–water partition coefficient (Wildman–Crippen LogP) is 1.77. The molecule has 2 N–H and O–H groups in total. The number of aromatic nitrogens is 2. The summed E-state index contributed by atoms with van der Waals surface area (Å²) in [5, 5.41) is 0. The molecule has 3 aromatic rings. The van der Waals surface area contributed by atoms with E-state index in [0.717, 1.165) is 12.1 Å². The summed E-state index contributed by atoms with van der Waals surface area (Å²) in [7, 11) is -4.30. The summed E-state index contributed by atoms with van der Waals surface area (Å²) >= 11 is 0. The molecule has 1 aromatic heterocycles. The Morgan fingerprint density at radius 3 is 2.42 bits per heavy atom. The zero-order valence-corrected chi connectivity index (χ0v) is 13.9. The van der Waals surface area contributed by atoms with Gasteiger partial charge in [0.2, 0.25) is 0 Å². The van der Waals surface area contributed by atoms with Crippen molar-refractivity contribution in [3.8, 4) is 5.69 Å². The fourth-order valence-corrected chi connectivity index (χ4v) is 3.09. The molecule has 7 nitrogen and oxygen atoms in total. The molecule has 26 heavy (non-hydrogen) atoms. The van der Waals surface area contributed by atoms with E-state index in [2.05, 4.69) is 4.98 Å². The third-order valence-electron chi connectivity index (χ3n) is 3.40. The summed E-state index contributed by atoms with van der Waals surface area (Å²) in [6.45, 7) is 0. The second-order valence-corrected chi connectivity index (χ2v) is 6.77. The molecule has 0 bridgehead atoms. The molecule has 2 aromatic carbocycles. The van der Waals surface area contributed by atoms with Gasteiger partial charge in [-0.15, -0.1) is 4.83 Å². The van der Waals surface area contributed by atoms with Crippen LogP contribution in [0.2, 0.25) is 0 Å². The van der Waals surface area contributed by atoms with Crippen LogP contribution in [0.5, 0.6) is 0 Å². The van der Waals surface area contributed by atoms with Gasteiger partial charge in [0.15, 0.2) is 0 Å². The molecule has 0 saturated heterocycles. The first kappa shape index (κ1) is 17.7. The number of sulfonamides is 1. The smallest absolute Gasteiger partial charge is 0.284 e. The van der Waals surface area contributed by atoms with Crippen molar-refractivity contribution in [3.63, 3.8) is 0 Å². The Morgan fingerprint density at radius 1 is 1.04 bits per heavy atom. The number of halogens is 2. The number of benzene rings is 2. The molecular formula is C16H12F2N4O3S. The first-order valence-electron chi connectivity index (χ1n) is 7.23. The van der Waals surface area contributed by atoms with Crippen molar-refractivity contribution in [2.45, 2.75) is 4.90 Å². The van der Waals surface area contributed by atoms with E-state index in [1.54, 1.807) is 0 Å². The average molecular weight is 378 g/mol. The minimum Gasteiger partial charge on any atom is -0.295 e. The maximum Gasteiger partial charge on any atom is 0.284 e. The van der Waals surface area contributed by atoms with Crippen molar-refractivity contribution in [1.82, 2.24) is 19.8 Å². The molecule has 1 amide bonds. The van der Waals surface area contributed by atoms with Gasteiger partial charge in [-0.3, -0.25) is 14.8 Å². The largest absolute Gasteiger partial charge is 0.295 e. The molecule has 0 unspecified atom stereocenters. The zero-order chi connectivity index (χ0) is 18.7. The quantitative estimate of drug-likeness (QED) is 0.662. The van der Waals surface area contributed by atoms with Crippen molar-refractivity contribution >= 4 is 15.9 Å². The molecule has 0 radical (unpaired) electrons. The van der Waals surface area contributed by atoms with Crippen LogP contribution in [0.4, 0.5) is 8.78 Å². The lowest BCUT2D eigenvalue weighted by Crippen LogP contribution is -2.42. The Labute approximate surface area is 147 Å². The summed E-state index contributed by atoms with van der Waals surface area (Å²) in [6.07, 6.45) is 2.52. The van der Waals surface area contributed by atoms with Gasteiger partial charge >= 0.3 is 0 Å². The van der Waals surface area contributed by atoms with Crippen molar-refractivity contribution in [1.29, 1.82) is 0 Å². The third kappa shape index (κ3) is 3.60. The van der Waals surface area contributed by atoms with Crippen LogP contribution in [0.15, 0.2) is 66.0 Å². The standard InChI is InChI=1S/C16H12F2N4O3S/c17-11-5-7-12(8-6-11)22-10-19-9-14(22)16(23)20-21-26(24,25)15-4-2-1-3-13(15)18/h1-10,21H,(H,20,23). The van der Waals surface area contributed by atoms with Gasteiger partial charge in [-0.05, 0) is 36.4 Å². The zero-order valence-electron chi connectivity index (χ0n) is 13.1. The monoisotopic (exact) mass is 378 g/mol. The van der Waals surface area contributed by atoms with Crippen LogP contribution < -0.4 is 10.3 Å². The van der Waals surface area contributed by atoms with Gasteiger partial charge in [-0.1, -0.05) is 12.1 Å². The number of carbonyl (C=O) groups excluding carboxylic acids is 1. The van der Waals surface area contributed by atoms with E-state index in [9.17, 15) is 22.0 Å². The number of hydrazine groups is 1. The van der Waals surface area contributed by atoms with E-state index in [0.29, 0.717) is 5.69 Å². The second kappa shape index (κ2) is 7.02. The van der Waals surface area contributed by atoms with E-state index in [1.165, 1.54) is 53.5 Å². The molecule has 10 heteroatoms. The van der Waals surface area contributed by atoms with E-state index >= 15 is 0 Å². The maximum absolute atomic E-state index is 13.6. The highest BCUT2D eigenvalue weighted by atomic mass is 32.2. The fraction of sp³-hybridized carbons (Fsp3) is 0. The number of hydrogen-bond donors (Lipinski definition) is 2. The van der Waals surface area contributed by atoms with Crippen LogP contribution in [0.25, 0.3) is 5.69 Å². The van der Waals surface area contributed by atoms with Crippen LogP contribution in [-0.2, 0) is 10.0 Å². The lowest BCUT2D eigenvalue weighted by Gasteiger charge is -2.11. The molecule has 0 aliphatic heterocycles. The van der Waals surface area contributed by atoms with Gasteiger partial charge in [0.1, 0.15) is 22.2 Å². The normalized spacial score (nSPS) is 11.3. The number of carbonyl (C=O) groups is 1. The number of rotatable bonds is 5. The predicted molar refractivity (Wildman–Crippen MR) is 87.7 cm³/mol. The van der Waals surface area contributed by atoms with E-state index in [-0.39, 0.29) is 5.69 Å². The molecular weight excluding hydrogens is 366 g/mol. The van der Waals surface area contributed by atoms with Crippen LogP contribution in [0.3, 0.4) is 0 Å². The van der Waals surface area contributed by atoms with Crippen molar-refractivity contribution < 1.29 is 22.0 Å². The molecule has 0 aliphatic rings. The van der Waals surface area contributed by atoms with Crippen LogP contribution >= 0.6 is 0 Å². The summed E-state index contributed by atoms with van der Waals surface area (Å²) in [5.74, 6) is -2.23. The van der Waals surface area contributed by atoms with Crippen molar-refractivity contribution in [2.24, 2.45) is 0 Å². The van der Waals surface area contributed by atoms with Crippen LogP contribution in [0.1, 0.15) is 10.5 Å². The van der Waals surface area contributed by atoms with E-state index in [1.807, 2.05) is 10.3 Å². The number of imidazole rings is 1. The maximum atomic E-state index is 13.6. The lowest BCUT2D eigenvalue weighted by molar-refractivity contribution is 0.0938. The number of nitrogens with zero attached hydrogens (tertiary/aromatic N) is 2. The van der Waals surface area contributed by atoms with Crippen molar-refractivity contribution in [2.75, 3.05) is 0 Å². The molecule has 134 valence electrons. The van der Waals surface area contributed by atoms with Gasteiger partial charge in [0.25, 0.3) is 15.9 Å². The lowest BCUT2D eigenvalue weighted by atomic mass is 10.3. The average Bonchev–Trinajstić information content (AvgIpc) is 3.10. The summed E-state index contributed by atoms with van der Waals surface area (Å²) < 4.78 is 52.2. The van der Waals surface area contributed by atoms with E-state index in [4.69, 9.17) is 0 Å². The SMILES string of the molecule is O=C(NNS(=O)(=O)c1ccccc1F)c1cncn1-c1ccc(F)cc1. The molecule has 0 aliphatic carbocycles. The van der Waals surface area contributed by atoms with Crippen molar-refractivity contribution in [3.05, 3.63) is 78.4 Å². The molecule has 0 atom stereocenters. The highest BCUT2D eigenvalue weighted by molar-refractivity contribution is 7.89. The summed E-state index contributed by atoms with van der Waals surface area (Å²) in [6, 6.07) is 10.0. The van der Waals surface area contributed by atoms with Gasteiger partial charge in [0, 0.05) is 5.69 Å². The van der Waals surface area contributed by atoms with Gasteiger partial charge < -0.3 is 0 Å². The summed E-state index contributed by atoms with van der Waals surface area (Å²) in [5.41, 5.74) is 2.44. The Balaban J connectivity index is 1.79. The van der Waals surface area contributed by atoms with Gasteiger partial charge in [-0.2, -0.15) is 0 Å². The fourth-order valence-electron chi connectivity index (χ4n) is 2.17. The third-order valence-corrected chi connectivity index (χ3v) is 4.68. The molecule has 0 saturated carbocycles. The van der Waals surface area contributed by atoms with Gasteiger partial charge in [0.05, 0.1) is 12.5 Å². The molecule has 0 spiro atoms. The molecule has 1 heterocycles. The van der Waals surface area contributed by atoms with Crippen LogP contribution in [0, 0.1) is 11.6 Å². The van der Waals surface area contributed by atoms with E-state index < -0.39 is 32.5 Å². The highest BCUT2D eigenvalue weighted by Gasteiger charge is 2.21. The number of nitrogens with one attached hydrogen (secondary N) is 2. The first-order chi connectivity index (χ1) is 12.4. The Morgan fingerprint density at radius 2 is 1.73 bits per heavy atom. The van der Waals surface area contributed by atoms with Gasteiger partial charge in [-0.25, -0.2) is 22.2 Å². The first-order valence-corrected chi connectivity index (χ1v) is 8.72. The van der Waals surface area contributed by atoms with Crippen LogP contribution in [-0.4, -0.2) is 23.9 Å². The minimum absolute atomic E-state index is 0.00663. The summed E-state index contributed by atoms with van der Waals surface area (Å²) in [4.78, 5) is 17.3.